The fourth-order valence-electron chi connectivity index (χ4n) is 9.89. The zero-order valence-corrected chi connectivity index (χ0v) is 30.0. The van der Waals surface area contributed by atoms with Crippen molar-refractivity contribution in [2.24, 2.45) is 24.3 Å². The summed E-state index contributed by atoms with van der Waals surface area (Å²) in [6.45, 7) is 6.26. The van der Waals surface area contributed by atoms with Gasteiger partial charge in [0.1, 0.15) is 11.6 Å². The van der Waals surface area contributed by atoms with Crippen LogP contribution < -0.4 is 10.6 Å². The molecule has 0 radical (unpaired) electrons. The van der Waals surface area contributed by atoms with Crippen LogP contribution in [0.2, 0.25) is 0 Å². The largest absolute Gasteiger partial charge is 0.508 e. The molecule has 2 saturated carbocycles. The molecular formula is C38H50BrN7O2. The van der Waals surface area contributed by atoms with Crippen LogP contribution in [-0.4, -0.2) is 61.8 Å². The Labute approximate surface area is 292 Å². The third-order valence-electron chi connectivity index (χ3n) is 12.4. The average molecular weight is 717 g/mol. The van der Waals surface area contributed by atoms with E-state index in [2.05, 4.69) is 44.7 Å². The molecule has 3 N–H and O–H groups in total. The van der Waals surface area contributed by atoms with Crippen LogP contribution in [0.5, 0.6) is 5.75 Å². The van der Waals surface area contributed by atoms with E-state index in [-0.39, 0.29) is 0 Å². The highest BCUT2D eigenvalue weighted by Crippen LogP contribution is 2.61. The van der Waals surface area contributed by atoms with Gasteiger partial charge in [-0.2, -0.15) is 14.7 Å². The summed E-state index contributed by atoms with van der Waals surface area (Å²) in [5.41, 5.74) is 7.18. The van der Waals surface area contributed by atoms with Gasteiger partial charge in [-0.05, 0) is 140 Å². The van der Waals surface area contributed by atoms with E-state index in [1.54, 1.807) is 0 Å². The maximum Gasteiger partial charge on any atom is 0.165 e. The number of rotatable bonds is 10. The fraction of sp³-hybridized carbons (Fsp3) is 0.605. The number of unbranched alkanes of at least 4 members (excludes halogenated alkanes) is 2. The maximum absolute atomic E-state index is 10.0. The molecule has 10 heteroatoms. The van der Waals surface area contributed by atoms with Gasteiger partial charge >= 0.3 is 0 Å². The number of hydrogen-bond acceptors (Lipinski definition) is 7. The number of piperidine rings is 1. The topological polar surface area (TPSA) is 102 Å². The molecule has 4 aliphatic rings. The van der Waals surface area contributed by atoms with Crippen LogP contribution >= 0.6 is 15.9 Å². The van der Waals surface area contributed by atoms with Crippen molar-refractivity contribution in [2.75, 3.05) is 31.6 Å². The van der Waals surface area contributed by atoms with E-state index in [4.69, 9.17) is 14.8 Å². The molecule has 3 fully saturated rings. The van der Waals surface area contributed by atoms with Crippen LogP contribution in [0.15, 0.2) is 41.3 Å². The third kappa shape index (κ3) is 5.85. The number of phenolic OH excluding ortho intramolecular Hbond substituents is 1. The SMILES string of the molecule is Cn1cc(-c2cnn3c(NCCCCCO[C@H]4CC[C@H]5[C@@H]6CCc7cc(O)ccc7[C@H]6CC[C@]45C)c(Br)c([C@@H]4CCCNC4)nc23)cn1. The Morgan fingerprint density at radius 3 is 2.85 bits per heavy atom. The van der Waals surface area contributed by atoms with Crippen LogP contribution in [0.1, 0.15) is 99.8 Å². The number of aromatic nitrogens is 5. The molecule has 0 amide bonds. The predicted octanol–water partition coefficient (Wildman–Crippen LogP) is 7.59. The molecule has 256 valence electrons. The Bertz CT molecular complexity index is 1760. The number of fused-ring (bicyclic) bond motifs is 6. The van der Waals surface area contributed by atoms with Crippen molar-refractivity contribution >= 4 is 27.4 Å². The molecule has 4 heterocycles. The fourth-order valence-corrected chi connectivity index (χ4v) is 10.6. The number of nitrogens with one attached hydrogen (secondary N) is 2. The molecule has 1 saturated heterocycles. The number of phenols is 1. The highest BCUT2D eigenvalue weighted by atomic mass is 79.9. The molecular weight excluding hydrogens is 666 g/mol. The quantitative estimate of drug-likeness (QED) is 0.146. The number of anilines is 1. The molecule has 3 aliphatic carbocycles. The van der Waals surface area contributed by atoms with E-state index < -0.39 is 0 Å². The zero-order chi connectivity index (χ0) is 32.8. The van der Waals surface area contributed by atoms with Gasteiger partial charge < -0.3 is 20.5 Å². The van der Waals surface area contributed by atoms with Crippen LogP contribution in [-0.2, 0) is 18.2 Å². The Balaban J connectivity index is 0.871. The summed E-state index contributed by atoms with van der Waals surface area (Å²) >= 11 is 3.94. The van der Waals surface area contributed by atoms with Crippen molar-refractivity contribution in [1.82, 2.24) is 29.7 Å². The second kappa shape index (κ2) is 13.4. The lowest BCUT2D eigenvalue weighted by Gasteiger charge is -2.50. The van der Waals surface area contributed by atoms with Gasteiger partial charge in [0, 0.05) is 50.0 Å². The molecule has 4 aromatic rings. The predicted molar refractivity (Wildman–Crippen MR) is 193 cm³/mol. The summed E-state index contributed by atoms with van der Waals surface area (Å²) in [5.74, 6) is 3.91. The molecule has 1 aromatic carbocycles. The first kappa shape index (κ1) is 32.3. The van der Waals surface area contributed by atoms with Crippen molar-refractivity contribution in [3.63, 3.8) is 0 Å². The molecule has 0 bridgehead atoms. The Hall–Kier alpha value is -2.95. The number of nitrogens with zero attached hydrogens (tertiary/aromatic N) is 5. The monoisotopic (exact) mass is 715 g/mol. The number of aryl methyl sites for hydroxylation is 2. The lowest BCUT2D eigenvalue weighted by Crippen LogP contribution is -2.44. The summed E-state index contributed by atoms with van der Waals surface area (Å²) in [6.07, 6.45) is 19.1. The molecule has 9 nitrogen and oxygen atoms in total. The van der Waals surface area contributed by atoms with Gasteiger partial charge in [0.15, 0.2) is 5.65 Å². The van der Waals surface area contributed by atoms with Crippen LogP contribution in [0.25, 0.3) is 16.8 Å². The van der Waals surface area contributed by atoms with Gasteiger partial charge in [0.2, 0.25) is 0 Å². The van der Waals surface area contributed by atoms with Crippen LogP contribution in [0, 0.1) is 17.3 Å². The second-order valence-electron chi connectivity index (χ2n) is 15.2. The van der Waals surface area contributed by atoms with Gasteiger partial charge in [-0.1, -0.05) is 13.0 Å². The molecule has 48 heavy (non-hydrogen) atoms. The van der Waals surface area contributed by atoms with Crippen molar-refractivity contribution in [2.45, 2.75) is 95.5 Å². The van der Waals surface area contributed by atoms with E-state index >= 15 is 0 Å². The van der Waals surface area contributed by atoms with Crippen LogP contribution in [0.4, 0.5) is 5.82 Å². The number of halogens is 1. The first-order valence-corrected chi connectivity index (χ1v) is 19.1. The van der Waals surface area contributed by atoms with Crippen molar-refractivity contribution < 1.29 is 9.84 Å². The molecule has 0 spiro atoms. The molecule has 6 atom stereocenters. The first-order chi connectivity index (χ1) is 23.4. The number of hydrogen-bond donors (Lipinski definition) is 3. The van der Waals surface area contributed by atoms with Crippen molar-refractivity contribution in [3.05, 3.63) is 58.1 Å². The van der Waals surface area contributed by atoms with Crippen molar-refractivity contribution in [3.8, 4) is 16.9 Å². The summed E-state index contributed by atoms with van der Waals surface area (Å²) < 4.78 is 11.5. The number of aromatic hydroxyl groups is 1. The summed E-state index contributed by atoms with van der Waals surface area (Å²) in [7, 11) is 1.94. The zero-order valence-electron chi connectivity index (χ0n) is 28.4. The normalized spacial score (nSPS) is 28.3. The standard InChI is InChI=1S/C38H50BrN7O2/c1-38-15-14-29-28-11-9-27(47)19-24(28)8-10-30(29)32(38)12-13-33(38)48-18-5-3-4-17-41-37-34(39)35(25-7-6-16-40-20-25)44-36-31(22-43-46(36)37)26-21-42-45(2)23-26/h9,11,19,21-23,25,29-30,32-33,40-41,47H,3-8,10,12-18,20H2,1-2H3/t25-,29-,30-,32+,33+,38+/m1/s1. The summed E-state index contributed by atoms with van der Waals surface area (Å²) in [6, 6.07) is 6.11. The van der Waals surface area contributed by atoms with E-state index in [1.165, 1.54) is 43.2 Å². The molecule has 0 unspecified atom stereocenters. The third-order valence-corrected chi connectivity index (χ3v) is 13.2. The van der Waals surface area contributed by atoms with Gasteiger partial charge in [-0.15, -0.1) is 0 Å². The van der Waals surface area contributed by atoms with E-state index in [9.17, 15) is 5.11 Å². The van der Waals surface area contributed by atoms with Gasteiger partial charge in [-0.25, -0.2) is 4.98 Å². The Morgan fingerprint density at radius 2 is 2.02 bits per heavy atom. The average Bonchev–Trinajstić information content (AvgIpc) is 3.81. The summed E-state index contributed by atoms with van der Waals surface area (Å²) in [4.78, 5) is 5.19. The molecule has 1 aliphatic heterocycles. The Kier molecular flexibility index (Phi) is 9.01. The van der Waals surface area contributed by atoms with Gasteiger partial charge in [0.05, 0.1) is 28.7 Å². The molecule has 3 aromatic heterocycles. The van der Waals surface area contributed by atoms with Crippen LogP contribution in [0.3, 0.4) is 0 Å². The lowest BCUT2D eigenvalue weighted by molar-refractivity contribution is -0.0646. The van der Waals surface area contributed by atoms with E-state index in [0.29, 0.717) is 29.1 Å². The minimum absolute atomic E-state index is 0.292. The van der Waals surface area contributed by atoms with Gasteiger partial charge in [0.25, 0.3) is 0 Å². The first-order valence-electron chi connectivity index (χ1n) is 18.3. The van der Waals surface area contributed by atoms with Gasteiger partial charge in [-0.3, -0.25) is 4.68 Å². The highest BCUT2D eigenvalue weighted by molar-refractivity contribution is 9.10. The molecule has 8 rings (SSSR count). The minimum atomic E-state index is 0.292. The highest BCUT2D eigenvalue weighted by Gasteiger charge is 2.55. The van der Waals surface area contributed by atoms with E-state index in [0.717, 1.165) is 109 Å². The maximum atomic E-state index is 10.0. The van der Waals surface area contributed by atoms with Crippen molar-refractivity contribution in [1.29, 1.82) is 0 Å². The Morgan fingerprint density at radius 1 is 1.10 bits per heavy atom. The lowest BCUT2D eigenvalue weighted by atomic mass is 9.55. The number of benzene rings is 1. The number of ether oxygens (including phenoxy) is 1. The second-order valence-corrected chi connectivity index (χ2v) is 16.0. The smallest absolute Gasteiger partial charge is 0.165 e. The van der Waals surface area contributed by atoms with E-state index in [1.807, 2.05) is 47.0 Å². The minimum Gasteiger partial charge on any atom is -0.508 e. The summed E-state index contributed by atoms with van der Waals surface area (Å²) in [5, 5.41) is 26.5.